The number of hydrogen-bond donors (Lipinski definition) is 1. The van der Waals surface area contributed by atoms with Gasteiger partial charge in [-0.05, 0) is 19.4 Å². The number of aryl methyl sites for hydroxylation is 1. The Bertz CT molecular complexity index is 810. The van der Waals surface area contributed by atoms with Crippen LogP contribution in [-0.2, 0) is 25.4 Å². The minimum atomic E-state index is -0.362. The summed E-state index contributed by atoms with van der Waals surface area (Å²) in [6.45, 7) is 1.71. The van der Waals surface area contributed by atoms with Crippen LogP contribution in [0.25, 0.3) is 11.2 Å². The number of aromatic nitrogens is 4. The van der Waals surface area contributed by atoms with Crippen LogP contribution in [0.5, 0.6) is 0 Å². The van der Waals surface area contributed by atoms with Crippen LogP contribution in [0.4, 0.5) is 0 Å². The molecule has 1 unspecified atom stereocenters. The van der Waals surface area contributed by atoms with Crippen molar-refractivity contribution in [1.29, 1.82) is 0 Å². The maximum absolute atomic E-state index is 12.5. The van der Waals surface area contributed by atoms with Gasteiger partial charge in [0.2, 0.25) is 0 Å². The summed E-state index contributed by atoms with van der Waals surface area (Å²) < 4.78 is 9.51. The summed E-state index contributed by atoms with van der Waals surface area (Å²) in [5, 5.41) is 3.38. The van der Waals surface area contributed by atoms with Gasteiger partial charge in [0.15, 0.2) is 11.2 Å². The topological polar surface area (TPSA) is 83.1 Å². The molecule has 1 N–H and O–H groups in total. The largest absolute Gasteiger partial charge is 0.383 e. The van der Waals surface area contributed by atoms with E-state index in [2.05, 4.69) is 10.3 Å². The molecule has 0 bridgehead atoms. The van der Waals surface area contributed by atoms with Crippen LogP contribution in [0.2, 0.25) is 0 Å². The Morgan fingerprint density at radius 3 is 2.73 bits per heavy atom. The predicted molar refractivity (Wildman–Crippen MR) is 82.1 cm³/mol. The zero-order valence-corrected chi connectivity index (χ0v) is 13.1. The summed E-state index contributed by atoms with van der Waals surface area (Å²) in [6.07, 6.45) is 2.07. The van der Waals surface area contributed by atoms with Gasteiger partial charge in [-0.3, -0.25) is 13.9 Å². The molecule has 8 heteroatoms. The van der Waals surface area contributed by atoms with Crippen LogP contribution >= 0.6 is 0 Å². The molecule has 1 aliphatic rings. The van der Waals surface area contributed by atoms with Gasteiger partial charge in [-0.1, -0.05) is 0 Å². The second-order valence-corrected chi connectivity index (χ2v) is 5.64. The maximum atomic E-state index is 12.5. The fourth-order valence-corrected chi connectivity index (χ4v) is 3.05. The van der Waals surface area contributed by atoms with Crippen LogP contribution in [0, 0.1) is 0 Å². The van der Waals surface area contributed by atoms with Crippen molar-refractivity contribution in [3.05, 3.63) is 26.7 Å². The standard InChI is InChI=1S/C14H21N5O3/c1-17-10-12(16-11(17)9-5-4-6-15-9)19(7-8-22-3)14(21)18(2)13(10)20/h9,15H,4-8H2,1-3H3. The number of fused-ring (bicyclic) bond motifs is 1. The van der Waals surface area contributed by atoms with E-state index in [1.807, 2.05) is 11.6 Å². The summed E-state index contributed by atoms with van der Waals surface area (Å²) in [7, 11) is 4.90. The molecule has 1 saturated heterocycles. The van der Waals surface area contributed by atoms with E-state index in [-0.39, 0.29) is 17.3 Å². The van der Waals surface area contributed by atoms with Crippen LogP contribution in [0.15, 0.2) is 9.59 Å². The van der Waals surface area contributed by atoms with Gasteiger partial charge in [-0.25, -0.2) is 9.78 Å². The van der Waals surface area contributed by atoms with E-state index >= 15 is 0 Å². The van der Waals surface area contributed by atoms with Crippen LogP contribution < -0.4 is 16.6 Å². The molecule has 2 aromatic heterocycles. The Morgan fingerprint density at radius 2 is 2.09 bits per heavy atom. The van der Waals surface area contributed by atoms with E-state index in [1.165, 1.54) is 11.6 Å². The van der Waals surface area contributed by atoms with Gasteiger partial charge >= 0.3 is 5.69 Å². The Morgan fingerprint density at radius 1 is 1.32 bits per heavy atom. The minimum absolute atomic E-state index is 0.132. The summed E-state index contributed by atoms with van der Waals surface area (Å²) in [6, 6.07) is 0.132. The third-order valence-electron chi connectivity index (χ3n) is 4.28. The third-order valence-corrected chi connectivity index (χ3v) is 4.28. The number of nitrogens with zero attached hydrogens (tertiary/aromatic N) is 4. The average molecular weight is 307 g/mol. The van der Waals surface area contributed by atoms with Gasteiger partial charge in [0.05, 0.1) is 19.2 Å². The minimum Gasteiger partial charge on any atom is -0.383 e. The fraction of sp³-hybridized carbons (Fsp3) is 0.643. The molecule has 0 aromatic carbocycles. The number of methoxy groups -OCH3 is 1. The third kappa shape index (κ3) is 2.19. The van der Waals surface area contributed by atoms with E-state index < -0.39 is 0 Å². The lowest BCUT2D eigenvalue weighted by atomic mass is 10.2. The van der Waals surface area contributed by atoms with E-state index in [0.29, 0.717) is 24.3 Å². The highest BCUT2D eigenvalue weighted by molar-refractivity contribution is 5.71. The molecule has 1 aliphatic heterocycles. The first-order chi connectivity index (χ1) is 10.6. The van der Waals surface area contributed by atoms with Crippen molar-refractivity contribution in [3.8, 4) is 0 Å². The van der Waals surface area contributed by atoms with Crippen molar-refractivity contribution in [2.75, 3.05) is 20.3 Å². The molecule has 0 amide bonds. The van der Waals surface area contributed by atoms with Gasteiger partial charge in [0.1, 0.15) is 5.82 Å². The summed E-state index contributed by atoms with van der Waals surface area (Å²) in [4.78, 5) is 29.4. The number of rotatable bonds is 4. The highest BCUT2D eigenvalue weighted by Gasteiger charge is 2.25. The summed E-state index contributed by atoms with van der Waals surface area (Å²) >= 11 is 0. The first-order valence-electron chi connectivity index (χ1n) is 7.44. The van der Waals surface area contributed by atoms with Crippen LogP contribution in [0.3, 0.4) is 0 Å². The van der Waals surface area contributed by atoms with E-state index in [4.69, 9.17) is 4.74 Å². The Hall–Kier alpha value is -1.93. The van der Waals surface area contributed by atoms with Gasteiger partial charge in [-0.15, -0.1) is 0 Å². The predicted octanol–water partition coefficient (Wildman–Crippen LogP) is -0.495. The SMILES string of the molecule is COCCn1c(=O)n(C)c(=O)c2c1nc(C1CCCN1)n2C. The lowest BCUT2D eigenvalue weighted by Gasteiger charge is -2.09. The van der Waals surface area contributed by atoms with E-state index in [0.717, 1.165) is 29.8 Å². The molecule has 22 heavy (non-hydrogen) atoms. The Labute approximate surface area is 127 Å². The summed E-state index contributed by atoms with van der Waals surface area (Å²) in [5.74, 6) is 0.807. The van der Waals surface area contributed by atoms with E-state index in [9.17, 15) is 9.59 Å². The molecule has 0 aliphatic carbocycles. The lowest BCUT2D eigenvalue weighted by Crippen LogP contribution is -2.39. The smallest absolute Gasteiger partial charge is 0.332 e. The number of imidazole rings is 1. The molecule has 0 radical (unpaired) electrons. The van der Waals surface area contributed by atoms with Gasteiger partial charge in [0, 0.05) is 21.2 Å². The highest BCUT2D eigenvalue weighted by atomic mass is 16.5. The van der Waals surface area contributed by atoms with Crippen molar-refractivity contribution >= 4 is 11.2 Å². The molecule has 8 nitrogen and oxygen atoms in total. The molecule has 2 aromatic rings. The molecule has 3 heterocycles. The first kappa shape index (κ1) is 15.0. The van der Waals surface area contributed by atoms with Gasteiger partial charge in [-0.2, -0.15) is 0 Å². The van der Waals surface area contributed by atoms with Gasteiger partial charge in [0.25, 0.3) is 5.56 Å². The van der Waals surface area contributed by atoms with Crippen molar-refractivity contribution in [3.63, 3.8) is 0 Å². The molecular weight excluding hydrogens is 286 g/mol. The monoisotopic (exact) mass is 307 g/mol. The maximum Gasteiger partial charge on any atom is 0.332 e. The Kier molecular flexibility index (Phi) is 3.88. The molecular formula is C14H21N5O3. The normalized spacial score (nSPS) is 18.4. The highest BCUT2D eigenvalue weighted by Crippen LogP contribution is 2.23. The molecule has 3 rings (SSSR count). The van der Waals surface area contributed by atoms with Crippen molar-refractivity contribution in [1.82, 2.24) is 24.0 Å². The van der Waals surface area contributed by atoms with Crippen LogP contribution in [-0.4, -0.2) is 38.9 Å². The average Bonchev–Trinajstić information content (AvgIpc) is 3.13. The van der Waals surface area contributed by atoms with E-state index in [1.54, 1.807) is 7.11 Å². The zero-order chi connectivity index (χ0) is 15.9. The Balaban J connectivity index is 2.27. The zero-order valence-electron chi connectivity index (χ0n) is 13.1. The lowest BCUT2D eigenvalue weighted by molar-refractivity contribution is 0.186. The van der Waals surface area contributed by atoms with Crippen LogP contribution in [0.1, 0.15) is 24.7 Å². The second-order valence-electron chi connectivity index (χ2n) is 5.64. The van der Waals surface area contributed by atoms with Gasteiger partial charge < -0.3 is 14.6 Å². The number of nitrogens with one attached hydrogen (secondary N) is 1. The second kappa shape index (κ2) is 5.69. The van der Waals surface area contributed by atoms with Crippen molar-refractivity contribution < 1.29 is 4.74 Å². The number of hydrogen-bond acceptors (Lipinski definition) is 5. The molecule has 1 atom stereocenters. The first-order valence-corrected chi connectivity index (χ1v) is 7.44. The van der Waals surface area contributed by atoms with Crippen molar-refractivity contribution in [2.24, 2.45) is 14.1 Å². The molecule has 1 fully saturated rings. The summed E-state index contributed by atoms with van der Waals surface area (Å²) in [5.41, 5.74) is 0.227. The quantitative estimate of drug-likeness (QED) is 0.824. The molecule has 0 spiro atoms. The molecule has 0 saturated carbocycles. The molecule has 120 valence electrons. The van der Waals surface area contributed by atoms with Crippen molar-refractivity contribution in [2.45, 2.75) is 25.4 Å². The number of ether oxygens (including phenoxy) is 1. The fourth-order valence-electron chi connectivity index (χ4n) is 3.05.